The third-order valence-electron chi connectivity index (χ3n) is 7.66. The molecule has 1 atom stereocenters. The maximum Gasteiger partial charge on any atom is 0.331 e. The lowest BCUT2D eigenvalue weighted by Crippen LogP contribution is -2.51. The molecule has 0 bridgehead atoms. The van der Waals surface area contributed by atoms with Crippen LogP contribution in [0.25, 0.3) is 0 Å². The second kappa shape index (κ2) is 12.3. The molecule has 3 aromatic carbocycles. The van der Waals surface area contributed by atoms with Gasteiger partial charge in [-0.3, -0.25) is 18.8 Å². The summed E-state index contributed by atoms with van der Waals surface area (Å²) in [7, 11) is 0. The van der Waals surface area contributed by atoms with E-state index in [1.807, 2.05) is 15.9 Å². The molecule has 0 radical (unpaired) electrons. The third-order valence-corrected chi connectivity index (χ3v) is 7.66. The topological polar surface area (TPSA) is 76.5 Å². The Morgan fingerprint density at radius 2 is 1.40 bits per heavy atom. The van der Waals surface area contributed by atoms with E-state index in [-0.39, 0.29) is 23.5 Å². The maximum absolute atomic E-state index is 14.6. The Balaban J connectivity index is 1.49. The van der Waals surface area contributed by atoms with Crippen molar-refractivity contribution >= 4 is 5.69 Å². The number of nitrogens with two attached hydrogens (primary N) is 1. The molecular formula is C31H31F4N5O2. The molecular weight excluding hydrogens is 550 g/mol. The maximum atomic E-state index is 14.6. The van der Waals surface area contributed by atoms with Crippen molar-refractivity contribution in [2.45, 2.75) is 32.6 Å². The summed E-state index contributed by atoms with van der Waals surface area (Å²) in [6.45, 7) is 3.06. The zero-order valence-electron chi connectivity index (χ0n) is 23.1. The van der Waals surface area contributed by atoms with Crippen LogP contribution in [0.1, 0.15) is 28.4 Å². The van der Waals surface area contributed by atoms with Gasteiger partial charge >= 0.3 is 5.69 Å². The Kier molecular flexibility index (Phi) is 8.60. The van der Waals surface area contributed by atoms with Gasteiger partial charge in [0.25, 0.3) is 5.56 Å². The van der Waals surface area contributed by atoms with E-state index in [9.17, 15) is 27.2 Å². The van der Waals surface area contributed by atoms with Crippen molar-refractivity contribution in [3.05, 3.63) is 133 Å². The van der Waals surface area contributed by atoms with Crippen LogP contribution < -0.4 is 21.9 Å². The molecule has 1 unspecified atom stereocenters. The summed E-state index contributed by atoms with van der Waals surface area (Å²) in [5.41, 5.74) is 6.57. The first-order valence-electron chi connectivity index (χ1n) is 13.6. The van der Waals surface area contributed by atoms with Crippen LogP contribution in [0.15, 0.2) is 76.3 Å². The van der Waals surface area contributed by atoms with Crippen LogP contribution >= 0.6 is 0 Å². The van der Waals surface area contributed by atoms with Crippen LogP contribution in [-0.2, 0) is 19.6 Å². The van der Waals surface area contributed by atoms with E-state index >= 15 is 0 Å². The van der Waals surface area contributed by atoms with Gasteiger partial charge in [-0.25, -0.2) is 22.4 Å². The number of anilines is 1. The molecule has 1 fully saturated rings. The van der Waals surface area contributed by atoms with Crippen LogP contribution in [0.4, 0.5) is 23.2 Å². The van der Waals surface area contributed by atoms with Crippen molar-refractivity contribution in [3.8, 4) is 0 Å². The summed E-state index contributed by atoms with van der Waals surface area (Å²) in [6, 6.07) is 15.2. The summed E-state index contributed by atoms with van der Waals surface area (Å²) in [4.78, 5) is 31.4. The second-order valence-electron chi connectivity index (χ2n) is 10.5. The quantitative estimate of drug-likeness (QED) is 0.319. The molecule has 2 N–H and O–H groups in total. The van der Waals surface area contributed by atoms with E-state index < -0.39 is 47.1 Å². The first kappa shape index (κ1) is 29.3. The molecule has 1 aromatic heterocycles. The Labute approximate surface area is 240 Å². The highest BCUT2D eigenvalue weighted by atomic mass is 19.1. The molecule has 1 saturated heterocycles. The van der Waals surface area contributed by atoms with E-state index in [0.29, 0.717) is 38.3 Å². The molecule has 0 spiro atoms. The lowest BCUT2D eigenvalue weighted by molar-refractivity contribution is 0.248. The van der Waals surface area contributed by atoms with Crippen LogP contribution in [-0.4, -0.2) is 40.2 Å². The van der Waals surface area contributed by atoms with Crippen molar-refractivity contribution in [3.63, 3.8) is 0 Å². The average Bonchev–Trinajstić information content (AvgIpc) is 2.95. The standard InChI is InChI=1S/C31H31F4N5O2/c1-20-29(38-12-10-37(11-13-38)17-21-14-23(32)16-24(33)15-21)30(41)40(19-28(36)22-6-3-2-4-7-22)31(42)39(20)18-25-26(34)8-5-9-27(25)35/h2-9,14-16,28H,10-13,17-19,36H2,1H3. The average molecular weight is 582 g/mol. The number of hydrogen-bond donors (Lipinski definition) is 1. The number of nitrogens with zero attached hydrogens (tertiary/aromatic N) is 4. The highest BCUT2D eigenvalue weighted by Gasteiger charge is 2.27. The van der Waals surface area contributed by atoms with Crippen molar-refractivity contribution in [1.29, 1.82) is 0 Å². The number of halogens is 4. The van der Waals surface area contributed by atoms with Gasteiger partial charge in [0.2, 0.25) is 0 Å². The van der Waals surface area contributed by atoms with Gasteiger partial charge in [-0.2, -0.15) is 0 Å². The Morgan fingerprint density at radius 1 is 0.786 bits per heavy atom. The Hall–Kier alpha value is -4.22. The summed E-state index contributed by atoms with van der Waals surface area (Å²) < 4.78 is 58.9. The molecule has 0 aliphatic carbocycles. The number of hydrogen-bond acceptors (Lipinski definition) is 5. The van der Waals surface area contributed by atoms with E-state index in [4.69, 9.17) is 5.73 Å². The summed E-state index contributed by atoms with van der Waals surface area (Å²) >= 11 is 0. The van der Waals surface area contributed by atoms with Gasteiger partial charge in [0, 0.05) is 56.1 Å². The van der Waals surface area contributed by atoms with E-state index in [0.717, 1.165) is 28.3 Å². The Morgan fingerprint density at radius 3 is 2.02 bits per heavy atom. The second-order valence-corrected chi connectivity index (χ2v) is 10.5. The van der Waals surface area contributed by atoms with Gasteiger partial charge in [0.05, 0.1) is 13.1 Å². The molecule has 1 aliphatic rings. The predicted octanol–water partition coefficient (Wildman–Crippen LogP) is 3.95. The highest BCUT2D eigenvalue weighted by Crippen LogP contribution is 2.21. The molecule has 2 heterocycles. The third kappa shape index (κ3) is 6.17. The summed E-state index contributed by atoms with van der Waals surface area (Å²) in [5.74, 6) is -2.91. The first-order valence-corrected chi connectivity index (χ1v) is 13.6. The molecule has 1 aliphatic heterocycles. The van der Waals surface area contributed by atoms with Crippen molar-refractivity contribution in [2.75, 3.05) is 31.1 Å². The summed E-state index contributed by atoms with van der Waals surface area (Å²) in [5, 5.41) is 0. The minimum Gasteiger partial charge on any atom is -0.363 e. The van der Waals surface area contributed by atoms with Gasteiger partial charge in [0.1, 0.15) is 29.0 Å². The summed E-state index contributed by atoms with van der Waals surface area (Å²) in [6.07, 6.45) is 0. The van der Waals surface area contributed by atoms with Gasteiger partial charge < -0.3 is 10.6 Å². The molecule has 0 amide bonds. The highest BCUT2D eigenvalue weighted by molar-refractivity contribution is 5.50. The molecule has 220 valence electrons. The molecule has 11 heteroatoms. The van der Waals surface area contributed by atoms with Crippen molar-refractivity contribution in [2.24, 2.45) is 5.73 Å². The zero-order valence-corrected chi connectivity index (χ0v) is 23.1. The Bertz CT molecular complexity index is 1660. The van der Waals surface area contributed by atoms with Gasteiger partial charge in [0.15, 0.2) is 0 Å². The van der Waals surface area contributed by atoms with Crippen LogP contribution in [0.2, 0.25) is 0 Å². The zero-order chi connectivity index (χ0) is 30.0. The SMILES string of the molecule is Cc1c(N2CCN(Cc3cc(F)cc(F)c3)CC2)c(=O)n(CC(N)c2ccccc2)c(=O)n1Cc1c(F)cccc1F. The predicted molar refractivity (Wildman–Crippen MR) is 152 cm³/mol. The van der Waals surface area contributed by atoms with Crippen molar-refractivity contribution in [1.82, 2.24) is 14.0 Å². The first-order chi connectivity index (χ1) is 20.1. The van der Waals surface area contributed by atoms with Gasteiger partial charge in [-0.05, 0) is 42.3 Å². The minimum absolute atomic E-state index is 0.139. The van der Waals surface area contributed by atoms with Crippen LogP contribution in [0, 0.1) is 30.2 Å². The number of rotatable bonds is 8. The molecule has 7 nitrogen and oxygen atoms in total. The largest absolute Gasteiger partial charge is 0.363 e. The van der Waals surface area contributed by atoms with Gasteiger partial charge in [-0.1, -0.05) is 36.4 Å². The van der Waals surface area contributed by atoms with Crippen molar-refractivity contribution < 1.29 is 17.6 Å². The molecule has 42 heavy (non-hydrogen) atoms. The lowest BCUT2D eigenvalue weighted by atomic mass is 10.1. The van der Waals surface area contributed by atoms with E-state index in [1.165, 1.54) is 22.8 Å². The monoisotopic (exact) mass is 581 g/mol. The normalized spacial score (nSPS) is 14.8. The van der Waals surface area contributed by atoms with Crippen LogP contribution in [0.3, 0.4) is 0 Å². The van der Waals surface area contributed by atoms with Crippen LogP contribution in [0.5, 0.6) is 0 Å². The molecule has 4 aromatic rings. The number of benzene rings is 3. The number of aromatic nitrogens is 2. The lowest BCUT2D eigenvalue weighted by Gasteiger charge is -2.37. The fraction of sp³-hybridized carbons (Fsp3) is 0.290. The minimum atomic E-state index is -0.802. The molecule has 5 rings (SSSR count). The number of piperazine rings is 1. The fourth-order valence-electron chi connectivity index (χ4n) is 5.43. The fourth-order valence-corrected chi connectivity index (χ4v) is 5.43. The van der Waals surface area contributed by atoms with E-state index in [2.05, 4.69) is 0 Å². The van der Waals surface area contributed by atoms with Gasteiger partial charge in [-0.15, -0.1) is 0 Å². The van der Waals surface area contributed by atoms with E-state index in [1.54, 1.807) is 31.2 Å². The smallest absolute Gasteiger partial charge is 0.331 e. The molecule has 0 saturated carbocycles.